The van der Waals surface area contributed by atoms with Gasteiger partial charge in [-0.3, -0.25) is 19.8 Å². The zero-order chi connectivity index (χ0) is 26.4. The first-order valence-electron chi connectivity index (χ1n) is 12.4. The lowest BCUT2D eigenvalue weighted by atomic mass is 9.92. The van der Waals surface area contributed by atoms with Crippen molar-refractivity contribution in [3.8, 4) is 0 Å². The Kier molecular flexibility index (Phi) is 6.91. The monoisotopic (exact) mass is 630 g/mol. The van der Waals surface area contributed by atoms with Crippen LogP contribution < -0.4 is 16.0 Å². The summed E-state index contributed by atoms with van der Waals surface area (Å²) in [6.45, 7) is 0. The van der Waals surface area contributed by atoms with Crippen LogP contribution in [0.4, 0.5) is 9.59 Å². The fourth-order valence-corrected chi connectivity index (χ4v) is 6.57. The lowest BCUT2D eigenvalue weighted by molar-refractivity contribution is -0.130. The van der Waals surface area contributed by atoms with Crippen molar-refractivity contribution in [2.75, 3.05) is 7.05 Å². The number of nitrogens with one attached hydrogen (secondary N) is 3. The summed E-state index contributed by atoms with van der Waals surface area (Å²) in [5, 5.41) is 7.98. The van der Waals surface area contributed by atoms with Crippen LogP contribution in [-0.4, -0.2) is 46.9 Å². The smallest absolute Gasteiger partial charge is 0.323 e. The first-order valence-corrected chi connectivity index (χ1v) is 13.9. The van der Waals surface area contributed by atoms with Crippen LogP contribution in [0.25, 0.3) is 0 Å². The number of carbonyl (C=O) groups is 4. The van der Waals surface area contributed by atoms with E-state index in [0.717, 1.165) is 28.2 Å². The molecule has 6 rings (SSSR count). The molecule has 2 aromatic rings. The maximum atomic E-state index is 12.2. The number of carbonyl (C=O) groups excluding carboxylic acids is 4. The van der Waals surface area contributed by atoms with Crippen LogP contribution in [0.2, 0.25) is 0 Å². The highest BCUT2D eigenvalue weighted by Gasteiger charge is 2.54. The largest absolute Gasteiger partial charge is 0.324 e. The molecular weight excluding hydrogens is 604 g/mol. The van der Waals surface area contributed by atoms with Crippen LogP contribution in [0, 0.1) is 0 Å². The summed E-state index contributed by atoms with van der Waals surface area (Å²) in [5.74, 6) is 0.412. The number of nitrogens with zero attached hydrogens (tertiary/aromatic N) is 1. The lowest BCUT2D eigenvalue weighted by Gasteiger charge is -2.20. The quantitative estimate of drug-likeness (QED) is 0.409. The molecule has 6 amide bonds. The zero-order valence-electron chi connectivity index (χ0n) is 20.4. The molecule has 1 unspecified atom stereocenters. The normalized spacial score (nSPS) is 30.4. The molecular formula is C27H28Br2N4O4. The van der Waals surface area contributed by atoms with Crippen molar-refractivity contribution < 1.29 is 19.2 Å². The minimum Gasteiger partial charge on any atom is -0.323 e. The number of benzene rings is 2. The van der Waals surface area contributed by atoms with E-state index in [1.165, 1.54) is 16.0 Å². The van der Waals surface area contributed by atoms with E-state index >= 15 is 0 Å². The van der Waals surface area contributed by atoms with Gasteiger partial charge >= 0.3 is 12.1 Å². The van der Waals surface area contributed by atoms with Gasteiger partial charge in [-0.1, -0.05) is 56.1 Å². The summed E-state index contributed by atoms with van der Waals surface area (Å²) >= 11 is 6.83. The Hall–Kier alpha value is -2.72. The Labute approximate surface area is 232 Å². The van der Waals surface area contributed by atoms with E-state index in [-0.39, 0.29) is 23.9 Å². The van der Waals surface area contributed by atoms with Gasteiger partial charge in [0.05, 0.1) is 0 Å². The second-order valence-electron chi connectivity index (χ2n) is 10.3. The molecule has 4 aliphatic rings. The van der Waals surface area contributed by atoms with Crippen molar-refractivity contribution in [2.45, 2.75) is 61.4 Å². The molecule has 2 saturated carbocycles. The molecule has 8 nitrogen and oxygen atoms in total. The molecule has 0 radical (unpaired) electrons. The molecule has 37 heavy (non-hydrogen) atoms. The van der Waals surface area contributed by atoms with Gasteiger partial charge in [0.2, 0.25) is 0 Å². The second kappa shape index (κ2) is 9.87. The number of likely N-dealkylation sites (N-methyl/N-ethyl adjacent to an activating group) is 1. The fourth-order valence-electron chi connectivity index (χ4n) is 6.04. The molecule has 0 bridgehead atoms. The minimum absolute atomic E-state index is 0.0860. The maximum Gasteiger partial charge on any atom is 0.324 e. The Morgan fingerprint density at radius 3 is 1.68 bits per heavy atom. The van der Waals surface area contributed by atoms with E-state index < -0.39 is 11.1 Å². The maximum absolute atomic E-state index is 12.2. The van der Waals surface area contributed by atoms with Crippen LogP contribution in [-0.2, 0) is 9.59 Å². The predicted octanol–water partition coefficient (Wildman–Crippen LogP) is 4.93. The zero-order valence-corrected chi connectivity index (χ0v) is 23.5. The summed E-state index contributed by atoms with van der Waals surface area (Å²) in [4.78, 5) is 48.1. The van der Waals surface area contributed by atoms with Crippen molar-refractivity contribution in [1.82, 2.24) is 20.9 Å². The number of amides is 6. The van der Waals surface area contributed by atoms with Crippen molar-refractivity contribution in [1.29, 1.82) is 0 Å². The standard InChI is InChI=1S/C14H15BrN2O2.C13H13BrN2O2/c1-17-12(18)14(16-13(17)19)7-6-10(8-14)9-2-4-11(15)5-3-9;14-10-3-1-8(2-4-10)9-5-6-13(7-9)11(17)15-12(18)16-13/h2-5,10H,6-8H2,1H3,(H,16,19);1-4,9H,5-7H2,(H2,15,16,17,18)/t10-,14+;9-,13?/m00/s1. The van der Waals surface area contributed by atoms with Gasteiger partial charge in [0.25, 0.3) is 11.8 Å². The first-order chi connectivity index (χ1) is 17.6. The number of rotatable bonds is 2. The topological polar surface area (TPSA) is 108 Å². The van der Waals surface area contributed by atoms with Gasteiger partial charge in [-0.25, -0.2) is 9.59 Å². The molecule has 2 heterocycles. The second-order valence-corrected chi connectivity index (χ2v) is 12.2. The average Bonchev–Trinajstić information content (AvgIpc) is 3.61. The van der Waals surface area contributed by atoms with Gasteiger partial charge in [0.1, 0.15) is 11.1 Å². The minimum atomic E-state index is -0.672. The molecule has 4 fully saturated rings. The molecule has 2 aliphatic heterocycles. The van der Waals surface area contributed by atoms with Gasteiger partial charge in [0, 0.05) is 16.0 Å². The van der Waals surface area contributed by atoms with E-state index in [0.29, 0.717) is 31.1 Å². The van der Waals surface area contributed by atoms with Crippen LogP contribution in [0.5, 0.6) is 0 Å². The van der Waals surface area contributed by atoms with Crippen LogP contribution in [0.1, 0.15) is 61.5 Å². The number of hydrogen-bond donors (Lipinski definition) is 3. The molecule has 0 aromatic heterocycles. The van der Waals surface area contributed by atoms with E-state index in [9.17, 15) is 19.2 Å². The van der Waals surface area contributed by atoms with E-state index in [2.05, 4.69) is 72.1 Å². The molecule has 10 heteroatoms. The Bertz CT molecular complexity index is 1250. The Balaban J connectivity index is 0.000000152. The van der Waals surface area contributed by atoms with Crippen molar-refractivity contribution in [3.63, 3.8) is 0 Å². The highest BCUT2D eigenvalue weighted by molar-refractivity contribution is 9.10. The molecule has 3 N–H and O–H groups in total. The molecule has 194 valence electrons. The van der Waals surface area contributed by atoms with E-state index in [1.54, 1.807) is 7.05 Å². The number of halogens is 2. The van der Waals surface area contributed by atoms with Gasteiger partial charge in [-0.2, -0.15) is 0 Å². The summed E-state index contributed by atoms with van der Waals surface area (Å²) in [6.07, 6.45) is 4.68. The highest BCUT2D eigenvalue weighted by atomic mass is 79.9. The Morgan fingerprint density at radius 1 is 0.757 bits per heavy atom. The third-order valence-corrected chi connectivity index (χ3v) is 9.15. The molecule has 2 spiro atoms. The number of urea groups is 2. The fraction of sp³-hybridized carbons (Fsp3) is 0.407. The molecule has 4 atom stereocenters. The third-order valence-electron chi connectivity index (χ3n) is 8.09. The van der Waals surface area contributed by atoms with Crippen molar-refractivity contribution in [3.05, 3.63) is 68.6 Å². The number of imide groups is 2. The summed E-state index contributed by atoms with van der Waals surface area (Å²) < 4.78 is 2.10. The van der Waals surface area contributed by atoms with E-state index in [1.807, 2.05) is 24.3 Å². The van der Waals surface area contributed by atoms with Crippen molar-refractivity contribution in [2.24, 2.45) is 0 Å². The summed E-state index contributed by atoms with van der Waals surface area (Å²) in [7, 11) is 1.54. The molecule has 2 aromatic carbocycles. The SMILES string of the molecule is CN1C(=O)N[C@@]2(CC[C@H](c3ccc(Br)cc3)C2)C1=O.O=C1NC(=O)C2(CC[C@H](c3ccc(Br)cc3)C2)N1. The van der Waals surface area contributed by atoms with Gasteiger partial charge in [-0.15, -0.1) is 0 Å². The summed E-state index contributed by atoms with van der Waals surface area (Å²) in [6, 6.07) is 15.7. The summed E-state index contributed by atoms with van der Waals surface area (Å²) in [5.41, 5.74) is 1.12. The predicted molar refractivity (Wildman–Crippen MR) is 145 cm³/mol. The van der Waals surface area contributed by atoms with E-state index in [4.69, 9.17) is 0 Å². The first kappa shape index (κ1) is 25.9. The lowest BCUT2D eigenvalue weighted by Crippen LogP contribution is -2.44. The van der Waals surface area contributed by atoms with Crippen LogP contribution in [0.15, 0.2) is 57.5 Å². The molecule has 2 aliphatic carbocycles. The van der Waals surface area contributed by atoms with Crippen LogP contribution in [0.3, 0.4) is 0 Å². The van der Waals surface area contributed by atoms with Crippen LogP contribution >= 0.6 is 31.9 Å². The number of hydrogen-bond acceptors (Lipinski definition) is 4. The van der Waals surface area contributed by atoms with Crippen molar-refractivity contribution >= 4 is 55.7 Å². The highest BCUT2D eigenvalue weighted by Crippen LogP contribution is 2.44. The van der Waals surface area contributed by atoms with Gasteiger partial charge < -0.3 is 10.6 Å². The average molecular weight is 632 g/mol. The van der Waals surface area contributed by atoms with Gasteiger partial charge in [-0.05, 0) is 85.8 Å². The Morgan fingerprint density at radius 2 is 1.24 bits per heavy atom. The van der Waals surface area contributed by atoms with Gasteiger partial charge in [0.15, 0.2) is 0 Å². The molecule has 2 saturated heterocycles. The third kappa shape index (κ3) is 4.93.